The van der Waals surface area contributed by atoms with Gasteiger partial charge in [0.05, 0.1) is 0 Å². The van der Waals surface area contributed by atoms with Crippen molar-refractivity contribution < 1.29 is 0 Å². The Morgan fingerprint density at radius 3 is 2.47 bits per heavy atom. The van der Waals surface area contributed by atoms with Gasteiger partial charge in [-0.15, -0.1) is 0 Å². The Morgan fingerprint density at radius 1 is 1.21 bits per heavy atom. The van der Waals surface area contributed by atoms with Gasteiger partial charge in [-0.3, -0.25) is 0 Å². The molecule has 0 saturated heterocycles. The smallest absolute Gasteiger partial charge is 0.139 e. The third-order valence-corrected chi connectivity index (χ3v) is 3.70. The third-order valence-electron chi connectivity index (χ3n) is 2.99. The molecule has 1 aromatic heterocycles. The van der Waals surface area contributed by atoms with Gasteiger partial charge in [-0.1, -0.05) is 48.9 Å². The van der Waals surface area contributed by atoms with Crippen molar-refractivity contribution in [1.29, 1.82) is 0 Å². The van der Waals surface area contributed by atoms with E-state index in [1.54, 1.807) is 0 Å². The number of halogens is 1. The molecular formula is C15H17BrN2S. The van der Waals surface area contributed by atoms with Crippen LogP contribution in [0.25, 0.3) is 11.4 Å². The van der Waals surface area contributed by atoms with E-state index in [0.29, 0.717) is 4.64 Å². The van der Waals surface area contributed by atoms with Crippen molar-refractivity contribution >= 4 is 28.1 Å². The van der Waals surface area contributed by atoms with Crippen LogP contribution in [0.4, 0.5) is 0 Å². The van der Waals surface area contributed by atoms with Gasteiger partial charge in [0, 0.05) is 21.1 Å². The maximum Gasteiger partial charge on any atom is 0.139 e. The molecule has 2 aromatic rings. The zero-order valence-electron chi connectivity index (χ0n) is 11.5. The average Bonchev–Trinajstić information content (AvgIpc) is 2.26. The van der Waals surface area contributed by atoms with Gasteiger partial charge in [-0.25, -0.2) is 4.98 Å². The highest BCUT2D eigenvalue weighted by Crippen LogP contribution is 2.26. The first-order valence-corrected chi connectivity index (χ1v) is 7.36. The van der Waals surface area contributed by atoms with E-state index in [1.165, 1.54) is 5.56 Å². The van der Waals surface area contributed by atoms with Crippen LogP contribution < -0.4 is 0 Å². The maximum atomic E-state index is 5.28. The minimum atomic E-state index is 0.0223. The van der Waals surface area contributed by atoms with Crippen LogP contribution in [0.2, 0.25) is 0 Å². The molecule has 1 aromatic carbocycles. The lowest BCUT2D eigenvalue weighted by molar-refractivity contribution is 0.567. The normalized spacial score (nSPS) is 11.6. The summed E-state index contributed by atoms with van der Waals surface area (Å²) in [7, 11) is 0. The van der Waals surface area contributed by atoms with E-state index in [1.807, 2.05) is 12.1 Å². The molecule has 19 heavy (non-hydrogen) atoms. The molecule has 0 aliphatic heterocycles. The van der Waals surface area contributed by atoms with Gasteiger partial charge in [0.2, 0.25) is 0 Å². The van der Waals surface area contributed by atoms with E-state index in [0.717, 1.165) is 21.6 Å². The first-order valence-electron chi connectivity index (χ1n) is 6.16. The Balaban J connectivity index is 2.63. The molecule has 0 amide bonds. The van der Waals surface area contributed by atoms with Crippen LogP contribution >= 0.6 is 28.1 Å². The minimum absolute atomic E-state index is 0.0223. The zero-order valence-corrected chi connectivity index (χ0v) is 13.9. The molecule has 0 radical (unpaired) electrons. The van der Waals surface area contributed by atoms with Crippen LogP contribution in [-0.4, -0.2) is 9.97 Å². The lowest BCUT2D eigenvalue weighted by Gasteiger charge is -2.19. The Morgan fingerprint density at radius 2 is 1.89 bits per heavy atom. The number of benzene rings is 1. The van der Waals surface area contributed by atoms with Crippen LogP contribution in [0.5, 0.6) is 0 Å². The number of aromatic nitrogens is 2. The van der Waals surface area contributed by atoms with Crippen molar-refractivity contribution in [3.05, 3.63) is 44.6 Å². The zero-order chi connectivity index (χ0) is 14.2. The quantitative estimate of drug-likeness (QED) is 0.727. The molecule has 4 heteroatoms. The number of aryl methyl sites for hydroxylation is 1. The summed E-state index contributed by atoms with van der Waals surface area (Å²) < 4.78 is 1.69. The van der Waals surface area contributed by atoms with Crippen LogP contribution in [0.15, 0.2) is 28.7 Å². The minimum Gasteiger partial charge on any atom is -0.343 e. The first kappa shape index (κ1) is 14.4. The molecule has 0 aliphatic rings. The number of nitrogens with one attached hydrogen (secondary N) is 1. The molecule has 0 aliphatic carbocycles. The van der Waals surface area contributed by atoms with E-state index >= 15 is 0 Å². The van der Waals surface area contributed by atoms with Gasteiger partial charge in [0.25, 0.3) is 0 Å². The molecule has 0 spiro atoms. The van der Waals surface area contributed by atoms with Gasteiger partial charge in [0.1, 0.15) is 10.5 Å². The van der Waals surface area contributed by atoms with Gasteiger partial charge in [-0.2, -0.15) is 0 Å². The highest BCUT2D eigenvalue weighted by atomic mass is 79.9. The van der Waals surface area contributed by atoms with Gasteiger partial charge in [0.15, 0.2) is 0 Å². The fourth-order valence-electron chi connectivity index (χ4n) is 1.88. The van der Waals surface area contributed by atoms with Gasteiger partial charge in [-0.05, 0) is 36.8 Å². The number of rotatable bonds is 1. The monoisotopic (exact) mass is 336 g/mol. The Hall–Kier alpha value is -1.00. The average molecular weight is 337 g/mol. The van der Waals surface area contributed by atoms with Gasteiger partial charge >= 0.3 is 0 Å². The van der Waals surface area contributed by atoms with Crippen molar-refractivity contribution in [2.24, 2.45) is 0 Å². The Kier molecular flexibility index (Phi) is 3.92. The molecule has 1 heterocycles. The second kappa shape index (κ2) is 5.17. The molecule has 1 N–H and O–H groups in total. The van der Waals surface area contributed by atoms with E-state index in [9.17, 15) is 0 Å². The summed E-state index contributed by atoms with van der Waals surface area (Å²) in [6, 6.07) is 8.09. The lowest BCUT2D eigenvalue weighted by Crippen LogP contribution is -2.14. The van der Waals surface area contributed by atoms with Crippen molar-refractivity contribution in [1.82, 2.24) is 9.97 Å². The largest absolute Gasteiger partial charge is 0.343 e. The van der Waals surface area contributed by atoms with Crippen LogP contribution in [0.1, 0.15) is 32.0 Å². The fraction of sp³-hybridized carbons (Fsp3) is 0.333. The number of aromatic amines is 1. The summed E-state index contributed by atoms with van der Waals surface area (Å²) >= 11 is 8.76. The summed E-state index contributed by atoms with van der Waals surface area (Å²) in [6.07, 6.45) is 0. The fourth-order valence-corrected chi connectivity index (χ4v) is 2.57. The number of hydrogen-bond acceptors (Lipinski definition) is 2. The summed E-state index contributed by atoms with van der Waals surface area (Å²) in [5, 5.41) is 0. The van der Waals surface area contributed by atoms with Crippen LogP contribution in [-0.2, 0) is 5.41 Å². The highest BCUT2D eigenvalue weighted by Gasteiger charge is 2.16. The predicted octanol–water partition coefficient (Wildman–Crippen LogP) is 5.17. The molecule has 0 fully saturated rings. The number of nitrogens with zero attached hydrogens (tertiary/aromatic N) is 1. The molecule has 0 atom stereocenters. The van der Waals surface area contributed by atoms with Crippen molar-refractivity contribution in [2.75, 3.05) is 0 Å². The Labute approximate surface area is 127 Å². The molecule has 100 valence electrons. The van der Waals surface area contributed by atoms with Crippen molar-refractivity contribution in [3.8, 4) is 11.4 Å². The van der Waals surface area contributed by atoms with E-state index in [2.05, 4.69) is 65.7 Å². The van der Waals surface area contributed by atoms with Crippen molar-refractivity contribution in [2.45, 2.75) is 33.1 Å². The van der Waals surface area contributed by atoms with Crippen LogP contribution in [0, 0.1) is 11.6 Å². The topological polar surface area (TPSA) is 28.7 Å². The number of H-pyrrole nitrogens is 1. The molecular weight excluding hydrogens is 320 g/mol. The standard InChI is InChI=1S/C15H17BrN2S/c1-9-7-10(16)5-6-11(9)14-17-12(15(2,3)4)8-13(19)18-14/h5-8H,1-4H3,(H,17,18,19). The predicted molar refractivity (Wildman–Crippen MR) is 86.0 cm³/mol. The Bertz CT molecular complexity index is 669. The van der Waals surface area contributed by atoms with E-state index < -0.39 is 0 Å². The SMILES string of the molecule is Cc1cc(Br)ccc1-c1nc(=S)cc(C(C)(C)C)[nH]1. The number of hydrogen-bond donors (Lipinski definition) is 1. The third kappa shape index (κ3) is 3.31. The highest BCUT2D eigenvalue weighted by molar-refractivity contribution is 9.10. The summed E-state index contributed by atoms with van der Waals surface area (Å²) in [5.74, 6) is 0.836. The second-order valence-electron chi connectivity index (χ2n) is 5.69. The molecule has 0 bridgehead atoms. The van der Waals surface area contributed by atoms with Crippen molar-refractivity contribution in [3.63, 3.8) is 0 Å². The second-order valence-corrected chi connectivity index (χ2v) is 7.02. The lowest BCUT2D eigenvalue weighted by atomic mass is 9.92. The summed E-state index contributed by atoms with van der Waals surface area (Å²) in [6.45, 7) is 8.55. The van der Waals surface area contributed by atoms with E-state index in [4.69, 9.17) is 12.2 Å². The maximum absolute atomic E-state index is 5.28. The van der Waals surface area contributed by atoms with Crippen LogP contribution in [0.3, 0.4) is 0 Å². The molecule has 0 unspecified atom stereocenters. The van der Waals surface area contributed by atoms with E-state index in [-0.39, 0.29) is 5.41 Å². The van der Waals surface area contributed by atoms with Gasteiger partial charge < -0.3 is 4.98 Å². The molecule has 2 nitrogen and oxygen atoms in total. The summed E-state index contributed by atoms with van der Waals surface area (Å²) in [4.78, 5) is 7.86. The summed E-state index contributed by atoms with van der Waals surface area (Å²) in [5.41, 5.74) is 3.37. The molecule has 0 saturated carbocycles. The molecule has 2 rings (SSSR count). The first-order chi connectivity index (χ1) is 8.77.